The number of nitrogens with zero attached hydrogens (tertiary/aromatic N) is 2. The summed E-state index contributed by atoms with van der Waals surface area (Å²) >= 11 is 0. The average molecular weight is 239 g/mol. The van der Waals surface area contributed by atoms with Crippen LogP contribution in [0, 0.1) is 10.1 Å². The summed E-state index contributed by atoms with van der Waals surface area (Å²) in [5.41, 5.74) is 3.78. The molecule has 3 aromatic rings. The van der Waals surface area contributed by atoms with Crippen molar-refractivity contribution in [2.24, 2.45) is 0 Å². The molecule has 1 N–H and O–H groups in total. The second-order valence-electron chi connectivity index (χ2n) is 3.91. The van der Waals surface area contributed by atoms with Crippen molar-refractivity contribution >= 4 is 16.7 Å². The van der Waals surface area contributed by atoms with Crippen LogP contribution in [0.15, 0.2) is 48.8 Å². The highest BCUT2D eigenvalue weighted by Crippen LogP contribution is 2.27. The first-order valence-electron chi connectivity index (χ1n) is 5.42. The molecule has 2 aromatic carbocycles. The second kappa shape index (κ2) is 3.96. The molecule has 0 spiro atoms. The minimum atomic E-state index is -0.404. The van der Waals surface area contributed by atoms with Crippen LogP contribution in [0.2, 0.25) is 0 Å². The molecule has 0 radical (unpaired) electrons. The summed E-state index contributed by atoms with van der Waals surface area (Å²) < 4.78 is 0. The molecule has 3 rings (SSSR count). The van der Waals surface area contributed by atoms with Gasteiger partial charge in [-0.1, -0.05) is 12.1 Å². The van der Waals surface area contributed by atoms with Crippen LogP contribution in [0.25, 0.3) is 22.2 Å². The van der Waals surface area contributed by atoms with Gasteiger partial charge in [-0.25, -0.2) is 4.98 Å². The standard InChI is InChI=1S/C13H9N3O2/c17-16(18)10-6-4-9(5-7-10)11-2-1-3-12-13(11)15-8-14-12/h1-8H,(H,14,15). The van der Waals surface area contributed by atoms with Gasteiger partial charge in [0.2, 0.25) is 0 Å². The molecular formula is C13H9N3O2. The number of non-ortho nitro benzene ring substituents is 1. The minimum absolute atomic E-state index is 0.0907. The van der Waals surface area contributed by atoms with E-state index in [1.54, 1.807) is 18.5 Å². The number of hydrogen-bond donors (Lipinski definition) is 1. The monoisotopic (exact) mass is 239 g/mol. The van der Waals surface area contributed by atoms with Crippen LogP contribution in [0.1, 0.15) is 0 Å². The van der Waals surface area contributed by atoms with Gasteiger partial charge in [0.25, 0.3) is 5.69 Å². The van der Waals surface area contributed by atoms with E-state index in [1.165, 1.54) is 12.1 Å². The SMILES string of the molecule is O=[N+]([O-])c1ccc(-c2cccc3[nH]cnc23)cc1. The number of nitro groups is 1. The molecule has 5 nitrogen and oxygen atoms in total. The zero-order valence-electron chi connectivity index (χ0n) is 9.33. The average Bonchev–Trinajstić information content (AvgIpc) is 2.87. The number of benzene rings is 2. The van der Waals surface area contributed by atoms with Gasteiger partial charge in [-0.3, -0.25) is 10.1 Å². The van der Waals surface area contributed by atoms with Crippen molar-refractivity contribution in [2.45, 2.75) is 0 Å². The molecular weight excluding hydrogens is 230 g/mol. The van der Waals surface area contributed by atoms with E-state index in [0.29, 0.717) is 0 Å². The van der Waals surface area contributed by atoms with E-state index in [9.17, 15) is 10.1 Å². The van der Waals surface area contributed by atoms with Gasteiger partial charge in [0.15, 0.2) is 0 Å². The maximum absolute atomic E-state index is 10.6. The highest BCUT2D eigenvalue weighted by molar-refractivity contribution is 5.91. The molecule has 0 aliphatic heterocycles. The number of nitro benzene ring substituents is 1. The lowest BCUT2D eigenvalue weighted by Crippen LogP contribution is -1.87. The Bertz CT molecular complexity index is 716. The highest BCUT2D eigenvalue weighted by Gasteiger charge is 2.08. The maximum atomic E-state index is 10.6. The third kappa shape index (κ3) is 1.62. The molecule has 0 saturated heterocycles. The zero-order chi connectivity index (χ0) is 12.5. The van der Waals surface area contributed by atoms with E-state index in [1.807, 2.05) is 18.2 Å². The molecule has 0 aliphatic rings. The predicted molar refractivity (Wildman–Crippen MR) is 68.2 cm³/mol. The Balaban J connectivity index is 2.14. The first kappa shape index (κ1) is 10.5. The number of fused-ring (bicyclic) bond motifs is 1. The second-order valence-corrected chi connectivity index (χ2v) is 3.91. The molecule has 0 unspecified atom stereocenters. The lowest BCUT2D eigenvalue weighted by atomic mass is 10.0. The van der Waals surface area contributed by atoms with Crippen molar-refractivity contribution in [3.63, 3.8) is 0 Å². The summed E-state index contributed by atoms with van der Waals surface area (Å²) in [4.78, 5) is 17.5. The van der Waals surface area contributed by atoms with Gasteiger partial charge >= 0.3 is 0 Å². The van der Waals surface area contributed by atoms with Crippen molar-refractivity contribution < 1.29 is 4.92 Å². The fourth-order valence-corrected chi connectivity index (χ4v) is 1.96. The maximum Gasteiger partial charge on any atom is 0.269 e. The summed E-state index contributed by atoms with van der Waals surface area (Å²) in [6.45, 7) is 0. The molecule has 0 amide bonds. The Morgan fingerprint density at radius 1 is 1.11 bits per heavy atom. The van der Waals surface area contributed by atoms with Gasteiger partial charge in [-0.2, -0.15) is 0 Å². The van der Waals surface area contributed by atoms with Crippen LogP contribution in [-0.4, -0.2) is 14.9 Å². The van der Waals surface area contributed by atoms with Gasteiger partial charge in [-0.15, -0.1) is 0 Å². The number of hydrogen-bond acceptors (Lipinski definition) is 3. The fourth-order valence-electron chi connectivity index (χ4n) is 1.96. The molecule has 0 fully saturated rings. The third-order valence-corrected chi connectivity index (χ3v) is 2.84. The quantitative estimate of drug-likeness (QED) is 0.551. The Morgan fingerprint density at radius 2 is 1.89 bits per heavy atom. The van der Waals surface area contributed by atoms with Crippen LogP contribution in [-0.2, 0) is 0 Å². The molecule has 0 atom stereocenters. The first-order chi connectivity index (χ1) is 8.75. The zero-order valence-corrected chi connectivity index (χ0v) is 9.33. The number of rotatable bonds is 2. The van der Waals surface area contributed by atoms with E-state index in [4.69, 9.17) is 0 Å². The summed E-state index contributed by atoms with van der Waals surface area (Å²) in [6.07, 6.45) is 1.64. The molecule has 88 valence electrons. The number of para-hydroxylation sites is 1. The number of aromatic amines is 1. The Morgan fingerprint density at radius 3 is 2.61 bits per heavy atom. The van der Waals surface area contributed by atoms with Crippen molar-refractivity contribution in [3.05, 3.63) is 58.9 Å². The van der Waals surface area contributed by atoms with Crippen molar-refractivity contribution in [1.82, 2.24) is 9.97 Å². The first-order valence-corrected chi connectivity index (χ1v) is 5.42. The number of imidazole rings is 1. The molecule has 1 aromatic heterocycles. The van der Waals surface area contributed by atoms with Gasteiger partial charge in [0.1, 0.15) is 0 Å². The predicted octanol–water partition coefficient (Wildman–Crippen LogP) is 3.14. The topological polar surface area (TPSA) is 71.8 Å². The van der Waals surface area contributed by atoms with Crippen molar-refractivity contribution in [2.75, 3.05) is 0 Å². The minimum Gasteiger partial charge on any atom is -0.345 e. The summed E-state index contributed by atoms with van der Waals surface area (Å²) in [6, 6.07) is 12.3. The smallest absolute Gasteiger partial charge is 0.269 e. The van der Waals surface area contributed by atoms with Crippen LogP contribution in [0.4, 0.5) is 5.69 Å². The summed E-state index contributed by atoms with van der Waals surface area (Å²) in [7, 11) is 0. The van der Waals surface area contributed by atoms with Gasteiger partial charge in [-0.05, 0) is 23.8 Å². The third-order valence-electron chi connectivity index (χ3n) is 2.84. The molecule has 5 heteroatoms. The van der Waals surface area contributed by atoms with Crippen molar-refractivity contribution in [1.29, 1.82) is 0 Å². The van der Waals surface area contributed by atoms with Crippen LogP contribution in [0.5, 0.6) is 0 Å². The van der Waals surface area contributed by atoms with Gasteiger partial charge in [0.05, 0.1) is 22.3 Å². The lowest BCUT2D eigenvalue weighted by Gasteiger charge is -2.02. The Hall–Kier alpha value is -2.69. The molecule has 18 heavy (non-hydrogen) atoms. The van der Waals surface area contributed by atoms with E-state index in [2.05, 4.69) is 9.97 Å². The number of aromatic nitrogens is 2. The van der Waals surface area contributed by atoms with Gasteiger partial charge < -0.3 is 4.98 Å². The molecule has 0 bridgehead atoms. The lowest BCUT2D eigenvalue weighted by molar-refractivity contribution is -0.384. The molecule has 0 saturated carbocycles. The Labute approximate surface area is 102 Å². The largest absolute Gasteiger partial charge is 0.345 e. The molecule has 1 heterocycles. The van der Waals surface area contributed by atoms with E-state index in [-0.39, 0.29) is 5.69 Å². The highest BCUT2D eigenvalue weighted by atomic mass is 16.6. The van der Waals surface area contributed by atoms with E-state index in [0.717, 1.165) is 22.2 Å². The number of nitrogens with one attached hydrogen (secondary N) is 1. The summed E-state index contributed by atoms with van der Waals surface area (Å²) in [5.74, 6) is 0. The van der Waals surface area contributed by atoms with Crippen LogP contribution in [0.3, 0.4) is 0 Å². The molecule has 0 aliphatic carbocycles. The van der Waals surface area contributed by atoms with Gasteiger partial charge in [0, 0.05) is 17.7 Å². The van der Waals surface area contributed by atoms with E-state index >= 15 is 0 Å². The van der Waals surface area contributed by atoms with E-state index < -0.39 is 4.92 Å². The summed E-state index contributed by atoms with van der Waals surface area (Å²) in [5, 5.41) is 10.6. The number of H-pyrrole nitrogens is 1. The van der Waals surface area contributed by atoms with Crippen LogP contribution >= 0.6 is 0 Å². The normalized spacial score (nSPS) is 10.7. The Kier molecular flexibility index (Phi) is 2.30. The van der Waals surface area contributed by atoms with Crippen molar-refractivity contribution in [3.8, 4) is 11.1 Å². The fraction of sp³-hybridized carbons (Fsp3) is 0. The van der Waals surface area contributed by atoms with Crippen LogP contribution < -0.4 is 0 Å².